The molecular formula is C35H42N2O7. The first kappa shape index (κ1) is 31.8. The van der Waals surface area contributed by atoms with Gasteiger partial charge in [-0.3, -0.25) is 14.5 Å². The van der Waals surface area contributed by atoms with Crippen molar-refractivity contribution in [3.63, 3.8) is 0 Å². The van der Waals surface area contributed by atoms with Crippen molar-refractivity contribution in [2.24, 2.45) is 0 Å². The summed E-state index contributed by atoms with van der Waals surface area (Å²) in [5, 5.41) is 31.2. The second-order valence-corrected chi connectivity index (χ2v) is 11.8. The van der Waals surface area contributed by atoms with Crippen molar-refractivity contribution in [2.45, 2.75) is 76.3 Å². The molecule has 0 unspecified atom stereocenters. The molecule has 0 aromatic heterocycles. The van der Waals surface area contributed by atoms with E-state index in [1.165, 1.54) is 0 Å². The minimum absolute atomic E-state index is 0.00753. The number of β-amino-alcohol motifs (C(OH)–C–C–N with tert-alkyl or cyclic N) is 1. The molecule has 2 fully saturated rings. The average molecular weight is 603 g/mol. The van der Waals surface area contributed by atoms with E-state index >= 15 is 0 Å². The number of nitrogens with one attached hydrogen (secondary N) is 1. The molecular weight excluding hydrogens is 560 g/mol. The second kappa shape index (κ2) is 15.4. The molecule has 0 aliphatic carbocycles. The average Bonchev–Trinajstić information content (AvgIpc) is 3.46. The van der Waals surface area contributed by atoms with E-state index in [1.54, 1.807) is 0 Å². The van der Waals surface area contributed by atoms with Crippen LogP contribution in [0.4, 0.5) is 0 Å². The lowest BCUT2D eigenvalue weighted by Crippen LogP contribution is -2.38. The largest absolute Gasteiger partial charge is 0.481 e. The maximum atomic E-state index is 12.2. The van der Waals surface area contributed by atoms with E-state index in [0.717, 1.165) is 52.9 Å². The number of benzene rings is 3. The number of aliphatic carboxylic acids is 1. The summed E-state index contributed by atoms with van der Waals surface area (Å²) in [5.41, 5.74) is 5.78. The van der Waals surface area contributed by atoms with Crippen molar-refractivity contribution in [1.82, 2.24) is 10.2 Å². The number of carbonyl (C=O) groups excluding carboxylic acids is 1. The number of amides is 1. The summed E-state index contributed by atoms with van der Waals surface area (Å²) in [7, 11) is 0. The molecule has 9 nitrogen and oxygen atoms in total. The highest BCUT2D eigenvalue weighted by Crippen LogP contribution is 2.39. The van der Waals surface area contributed by atoms with Crippen LogP contribution in [0.15, 0.2) is 72.8 Å². The second-order valence-electron chi connectivity index (χ2n) is 11.8. The zero-order valence-electron chi connectivity index (χ0n) is 24.9. The summed E-state index contributed by atoms with van der Waals surface area (Å²) in [5.74, 6) is -0.933. The molecule has 0 bridgehead atoms. The Balaban J connectivity index is 1.28. The van der Waals surface area contributed by atoms with Gasteiger partial charge in [0.2, 0.25) is 5.91 Å². The van der Waals surface area contributed by atoms with Crippen LogP contribution in [0.25, 0.3) is 11.1 Å². The Morgan fingerprint density at radius 3 is 2.36 bits per heavy atom. The SMILES string of the molecule is O=C(O)CCCCC(=O)NCc1cccc(-c2cccc([C@H]3O[C@@H](CN4CC[C@H](O)C4)C[C@@H](c4ccc(CO)cc4)O3)c2)c1. The monoisotopic (exact) mass is 602 g/mol. The fraction of sp³-hybridized carbons (Fsp3) is 0.429. The number of ether oxygens (including phenoxy) is 2. The van der Waals surface area contributed by atoms with E-state index in [-0.39, 0.29) is 37.2 Å². The molecule has 0 spiro atoms. The van der Waals surface area contributed by atoms with E-state index in [9.17, 15) is 19.8 Å². The van der Waals surface area contributed by atoms with Crippen LogP contribution in [0.3, 0.4) is 0 Å². The van der Waals surface area contributed by atoms with Crippen LogP contribution in [-0.4, -0.2) is 63.9 Å². The van der Waals surface area contributed by atoms with Crippen molar-refractivity contribution in [3.8, 4) is 11.1 Å². The van der Waals surface area contributed by atoms with Crippen molar-refractivity contribution in [1.29, 1.82) is 0 Å². The molecule has 3 aromatic rings. The Bertz CT molecular complexity index is 1400. The van der Waals surface area contributed by atoms with Crippen molar-refractivity contribution in [2.75, 3.05) is 19.6 Å². The molecule has 3 aromatic carbocycles. The van der Waals surface area contributed by atoms with E-state index in [2.05, 4.69) is 22.3 Å². The highest BCUT2D eigenvalue weighted by Gasteiger charge is 2.34. The number of hydrogen-bond donors (Lipinski definition) is 4. The summed E-state index contributed by atoms with van der Waals surface area (Å²) >= 11 is 0. The summed E-state index contributed by atoms with van der Waals surface area (Å²) in [6.45, 7) is 2.60. The van der Waals surface area contributed by atoms with Crippen molar-refractivity contribution >= 4 is 11.9 Å². The lowest BCUT2D eigenvalue weighted by molar-refractivity contribution is -0.252. The minimum Gasteiger partial charge on any atom is -0.481 e. The Morgan fingerprint density at radius 1 is 0.886 bits per heavy atom. The predicted molar refractivity (Wildman–Crippen MR) is 165 cm³/mol. The van der Waals surface area contributed by atoms with Crippen molar-refractivity contribution in [3.05, 3.63) is 95.1 Å². The van der Waals surface area contributed by atoms with Crippen molar-refractivity contribution < 1.29 is 34.4 Å². The molecule has 1 amide bonds. The molecule has 2 aliphatic rings. The van der Waals surface area contributed by atoms with E-state index in [1.807, 2.05) is 60.7 Å². The van der Waals surface area contributed by atoms with Crippen LogP contribution >= 0.6 is 0 Å². The van der Waals surface area contributed by atoms with Crippen LogP contribution in [0.1, 0.15) is 73.2 Å². The number of nitrogens with zero attached hydrogens (tertiary/aromatic N) is 1. The molecule has 0 radical (unpaired) electrons. The van der Waals surface area contributed by atoms with Gasteiger partial charge in [0.15, 0.2) is 6.29 Å². The minimum atomic E-state index is -0.844. The lowest BCUT2D eigenvalue weighted by atomic mass is 9.98. The van der Waals surface area contributed by atoms with Gasteiger partial charge in [-0.15, -0.1) is 0 Å². The smallest absolute Gasteiger partial charge is 0.303 e. The zero-order valence-corrected chi connectivity index (χ0v) is 24.9. The van der Waals surface area contributed by atoms with E-state index in [4.69, 9.17) is 14.6 Å². The van der Waals surface area contributed by atoms with E-state index < -0.39 is 12.3 Å². The van der Waals surface area contributed by atoms with Gasteiger partial charge >= 0.3 is 5.97 Å². The maximum Gasteiger partial charge on any atom is 0.303 e. The molecule has 234 valence electrons. The molecule has 2 aliphatic heterocycles. The highest BCUT2D eigenvalue weighted by atomic mass is 16.7. The normalized spacial score (nSPS) is 22.1. The maximum absolute atomic E-state index is 12.2. The van der Waals surface area contributed by atoms with Gasteiger partial charge < -0.3 is 30.1 Å². The molecule has 2 heterocycles. The third kappa shape index (κ3) is 8.97. The van der Waals surface area contributed by atoms with E-state index in [0.29, 0.717) is 38.8 Å². The number of carbonyl (C=O) groups is 2. The van der Waals surface area contributed by atoms with Crippen LogP contribution in [-0.2, 0) is 32.2 Å². The van der Waals surface area contributed by atoms with Gasteiger partial charge in [-0.05, 0) is 59.2 Å². The first-order chi connectivity index (χ1) is 21.4. The molecule has 44 heavy (non-hydrogen) atoms. The van der Waals surface area contributed by atoms with Gasteiger partial charge in [0, 0.05) is 51.0 Å². The predicted octanol–water partition coefficient (Wildman–Crippen LogP) is 4.72. The number of carboxylic acids is 1. The standard InChI is InChI=1S/C35H42N2O7/c38-23-24-11-13-26(14-12-24)32-19-31(22-37-16-15-30(39)21-37)43-35(44-32)29-8-4-7-28(18-29)27-6-3-5-25(17-27)20-36-33(40)9-1-2-10-34(41)42/h3-8,11-14,17-18,30-32,35,38-39H,1-2,9-10,15-16,19-23H2,(H,36,40)(H,41,42)/t30-,31+,32-,35-/m0/s1. The van der Waals surface area contributed by atoms with Gasteiger partial charge in [-0.25, -0.2) is 0 Å². The number of aliphatic hydroxyl groups is 2. The Kier molecular flexibility index (Phi) is 11.1. The summed E-state index contributed by atoms with van der Waals surface area (Å²) in [4.78, 5) is 25.1. The Labute approximate surface area is 258 Å². The van der Waals surface area contributed by atoms with Crippen LogP contribution in [0.2, 0.25) is 0 Å². The first-order valence-electron chi connectivity index (χ1n) is 15.4. The van der Waals surface area contributed by atoms with Gasteiger partial charge in [-0.2, -0.15) is 0 Å². The third-order valence-corrected chi connectivity index (χ3v) is 8.28. The summed E-state index contributed by atoms with van der Waals surface area (Å²) in [6.07, 6.45) is 1.75. The van der Waals surface area contributed by atoms with Crippen LogP contribution in [0.5, 0.6) is 0 Å². The fourth-order valence-corrected chi connectivity index (χ4v) is 5.88. The molecule has 4 N–H and O–H groups in total. The molecule has 4 atom stereocenters. The summed E-state index contributed by atoms with van der Waals surface area (Å²) in [6, 6.07) is 24.0. The molecule has 0 saturated carbocycles. The first-order valence-corrected chi connectivity index (χ1v) is 15.4. The van der Waals surface area contributed by atoms with Gasteiger partial charge in [0.05, 0.1) is 24.9 Å². The van der Waals surface area contributed by atoms with Crippen LogP contribution < -0.4 is 5.32 Å². The number of unbranched alkanes of at least 4 members (excludes halogenated alkanes) is 1. The Hall–Kier alpha value is -3.60. The third-order valence-electron chi connectivity index (χ3n) is 8.28. The highest BCUT2D eigenvalue weighted by molar-refractivity contribution is 5.76. The topological polar surface area (TPSA) is 129 Å². The van der Waals surface area contributed by atoms with Crippen LogP contribution in [0, 0.1) is 0 Å². The zero-order chi connectivity index (χ0) is 30.9. The van der Waals surface area contributed by atoms with Gasteiger partial charge in [0.1, 0.15) is 0 Å². The number of rotatable bonds is 13. The Morgan fingerprint density at radius 2 is 1.64 bits per heavy atom. The number of carboxylic acid groups (broad SMARTS) is 1. The molecule has 5 rings (SSSR count). The number of hydrogen-bond acceptors (Lipinski definition) is 7. The number of aliphatic hydroxyl groups excluding tert-OH is 2. The van der Waals surface area contributed by atoms with Gasteiger partial charge in [0.25, 0.3) is 0 Å². The number of likely N-dealkylation sites (tertiary alicyclic amines) is 1. The summed E-state index contributed by atoms with van der Waals surface area (Å²) < 4.78 is 13.1. The molecule has 2 saturated heterocycles. The van der Waals surface area contributed by atoms with Gasteiger partial charge in [-0.1, -0.05) is 60.7 Å². The lowest BCUT2D eigenvalue weighted by Gasteiger charge is -2.38. The molecule has 9 heteroatoms. The fourth-order valence-electron chi connectivity index (χ4n) is 5.88. The quantitative estimate of drug-likeness (QED) is 0.207.